The van der Waals surface area contributed by atoms with E-state index < -0.39 is 10.0 Å². The fraction of sp³-hybridized carbons (Fsp3) is 0.588. The molecule has 1 aromatic rings. The van der Waals surface area contributed by atoms with Crippen molar-refractivity contribution in [2.75, 3.05) is 26.8 Å². The zero-order valence-electron chi connectivity index (χ0n) is 14.9. The number of piperidine rings is 1. The Kier molecular flexibility index (Phi) is 7.73. The largest absolute Gasteiger partial charge is 0.383 e. The molecule has 0 bridgehead atoms. The smallest absolute Gasteiger partial charge is 0.223 e. The Bertz CT molecular complexity index is 734. The molecule has 1 amide bonds. The lowest BCUT2D eigenvalue weighted by Crippen LogP contribution is -2.45. The summed E-state index contributed by atoms with van der Waals surface area (Å²) in [5, 5.41) is 3.62. The first-order chi connectivity index (χ1) is 12.2. The van der Waals surface area contributed by atoms with Crippen LogP contribution in [0.15, 0.2) is 18.2 Å². The Hall–Kier alpha value is -0.860. The maximum absolute atomic E-state index is 12.6. The van der Waals surface area contributed by atoms with E-state index in [1.54, 1.807) is 25.3 Å². The van der Waals surface area contributed by atoms with Crippen LogP contribution >= 0.6 is 23.2 Å². The molecule has 1 aromatic carbocycles. The molecule has 0 unspecified atom stereocenters. The Morgan fingerprint density at radius 1 is 1.31 bits per heavy atom. The lowest BCUT2D eigenvalue weighted by atomic mass is 9.97. The minimum atomic E-state index is -3.47. The maximum atomic E-state index is 12.6. The van der Waals surface area contributed by atoms with Gasteiger partial charge in [-0.15, -0.1) is 0 Å². The summed E-state index contributed by atoms with van der Waals surface area (Å²) in [5.74, 6) is -0.354. The minimum absolute atomic E-state index is 0.0453. The van der Waals surface area contributed by atoms with Crippen molar-refractivity contribution in [1.29, 1.82) is 0 Å². The van der Waals surface area contributed by atoms with Crippen molar-refractivity contribution in [3.8, 4) is 0 Å². The number of carbonyl (C=O) groups is 1. The number of methoxy groups -OCH3 is 1. The van der Waals surface area contributed by atoms with Crippen LogP contribution in [-0.4, -0.2) is 51.5 Å². The second-order valence-corrected chi connectivity index (χ2v) is 9.33. The quantitative estimate of drug-likeness (QED) is 0.732. The molecule has 1 aliphatic rings. The van der Waals surface area contributed by atoms with Crippen molar-refractivity contribution in [2.45, 2.75) is 31.6 Å². The second kappa shape index (κ2) is 9.37. The van der Waals surface area contributed by atoms with Gasteiger partial charge in [-0.3, -0.25) is 4.79 Å². The fourth-order valence-electron chi connectivity index (χ4n) is 2.98. The van der Waals surface area contributed by atoms with E-state index in [2.05, 4.69) is 5.32 Å². The van der Waals surface area contributed by atoms with Crippen LogP contribution < -0.4 is 5.32 Å². The van der Waals surface area contributed by atoms with E-state index in [0.717, 1.165) is 0 Å². The number of rotatable bonds is 7. The van der Waals surface area contributed by atoms with Gasteiger partial charge in [-0.1, -0.05) is 29.3 Å². The van der Waals surface area contributed by atoms with Crippen LogP contribution in [0.25, 0.3) is 0 Å². The number of nitrogens with zero attached hydrogens (tertiary/aromatic N) is 1. The van der Waals surface area contributed by atoms with Crippen LogP contribution in [0, 0.1) is 5.92 Å². The molecular formula is C17H24Cl2N2O4S. The molecule has 1 fully saturated rings. The van der Waals surface area contributed by atoms with Gasteiger partial charge < -0.3 is 10.1 Å². The van der Waals surface area contributed by atoms with Crippen molar-refractivity contribution in [3.05, 3.63) is 33.8 Å². The standard InChI is InChI=1S/C17H24Cl2N2O4S/c1-12(10-25-2)20-17(22)14-5-7-21(8-6-14)26(23,24)11-13-3-4-15(18)16(19)9-13/h3-4,9,12,14H,5-8,10-11H2,1-2H3,(H,20,22)/t12-/m1/s1. The number of amides is 1. The summed E-state index contributed by atoms with van der Waals surface area (Å²) in [6, 6.07) is 4.75. The molecule has 1 N–H and O–H groups in total. The first kappa shape index (κ1) is 21.4. The number of hydrogen-bond acceptors (Lipinski definition) is 4. The normalized spacial score (nSPS) is 17.8. The summed E-state index contributed by atoms with van der Waals surface area (Å²) >= 11 is 11.8. The molecule has 2 rings (SSSR count). The molecule has 9 heteroatoms. The van der Waals surface area contributed by atoms with Gasteiger partial charge in [0.15, 0.2) is 0 Å². The minimum Gasteiger partial charge on any atom is -0.383 e. The van der Waals surface area contributed by atoms with Crippen LogP contribution in [0.3, 0.4) is 0 Å². The van der Waals surface area contributed by atoms with E-state index in [0.29, 0.717) is 48.1 Å². The Morgan fingerprint density at radius 2 is 1.96 bits per heavy atom. The van der Waals surface area contributed by atoms with Gasteiger partial charge in [0, 0.05) is 32.2 Å². The average Bonchev–Trinajstić information content (AvgIpc) is 2.58. The van der Waals surface area contributed by atoms with Crippen molar-refractivity contribution in [2.24, 2.45) is 5.92 Å². The van der Waals surface area contributed by atoms with Crippen molar-refractivity contribution >= 4 is 39.1 Å². The highest BCUT2D eigenvalue weighted by molar-refractivity contribution is 7.88. The molecule has 1 atom stereocenters. The molecule has 0 radical (unpaired) electrons. The van der Waals surface area contributed by atoms with Crippen molar-refractivity contribution in [1.82, 2.24) is 9.62 Å². The number of carbonyl (C=O) groups excluding carboxylic acids is 1. The van der Waals surface area contributed by atoms with Gasteiger partial charge in [0.2, 0.25) is 15.9 Å². The van der Waals surface area contributed by atoms with Gasteiger partial charge in [0.25, 0.3) is 0 Å². The lowest BCUT2D eigenvalue weighted by molar-refractivity contribution is -0.127. The molecule has 1 aliphatic heterocycles. The van der Waals surface area contributed by atoms with Gasteiger partial charge >= 0.3 is 0 Å². The monoisotopic (exact) mass is 422 g/mol. The fourth-order valence-corrected chi connectivity index (χ4v) is 4.85. The van der Waals surface area contributed by atoms with Crippen LogP contribution in [-0.2, 0) is 25.3 Å². The summed E-state index contributed by atoms with van der Waals surface area (Å²) in [7, 11) is -1.88. The third-order valence-corrected chi connectivity index (χ3v) is 6.95. The number of hydrogen-bond donors (Lipinski definition) is 1. The number of nitrogens with one attached hydrogen (secondary N) is 1. The Labute approximate surface area is 164 Å². The number of benzene rings is 1. The van der Waals surface area contributed by atoms with E-state index in [4.69, 9.17) is 27.9 Å². The van der Waals surface area contributed by atoms with Gasteiger partial charge in [0.1, 0.15) is 0 Å². The lowest BCUT2D eigenvalue weighted by Gasteiger charge is -2.31. The van der Waals surface area contributed by atoms with Crippen molar-refractivity contribution in [3.63, 3.8) is 0 Å². The summed E-state index contributed by atoms with van der Waals surface area (Å²) in [4.78, 5) is 12.2. The van der Waals surface area contributed by atoms with E-state index in [1.807, 2.05) is 6.92 Å². The Balaban J connectivity index is 1.91. The van der Waals surface area contributed by atoms with Gasteiger partial charge in [-0.25, -0.2) is 12.7 Å². The molecule has 146 valence electrons. The third kappa shape index (κ3) is 5.82. The molecular weight excluding hydrogens is 399 g/mol. The summed E-state index contributed by atoms with van der Waals surface area (Å²) < 4.78 is 31.7. The number of ether oxygens (including phenoxy) is 1. The van der Waals surface area contributed by atoms with Gasteiger partial charge in [-0.05, 0) is 37.5 Å². The van der Waals surface area contributed by atoms with Crippen LogP contribution in [0.5, 0.6) is 0 Å². The van der Waals surface area contributed by atoms with Crippen LogP contribution in [0.4, 0.5) is 0 Å². The molecule has 6 nitrogen and oxygen atoms in total. The zero-order valence-corrected chi connectivity index (χ0v) is 17.2. The number of halogens is 2. The first-order valence-electron chi connectivity index (χ1n) is 8.44. The third-order valence-electron chi connectivity index (χ3n) is 4.36. The topological polar surface area (TPSA) is 75.7 Å². The summed E-state index contributed by atoms with van der Waals surface area (Å²) in [6.45, 7) is 2.99. The molecule has 0 aromatic heterocycles. The molecule has 26 heavy (non-hydrogen) atoms. The average molecular weight is 423 g/mol. The number of sulfonamides is 1. The predicted octanol–water partition coefficient (Wildman–Crippen LogP) is 2.69. The maximum Gasteiger partial charge on any atom is 0.223 e. The van der Waals surface area contributed by atoms with Gasteiger partial charge in [-0.2, -0.15) is 0 Å². The SMILES string of the molecule is COC[C@@H](C)NC(=O)C1CCN(S(=O)(=O)Cc2ccc(Cl)c(Cl)c2)CC1. The highest BCUT2D eigenvalue weighted by Crippen LogP contribution is 2.26. The second-order valence-electron chi connectivity index (χ2n) is 6.54. The highest BCUT2D eigenvalue weighted by atomic mass is 35.5. The van der Waals surface area contributed by atoms with Crippen LogP contribution in [0.2, 0.25) is 10.0 Å². The van der Waals surface area contributed by atoms with Gasteiger partial charge in [0.05, 0.1) is 22.4 Å². The Morgan fingerprint density at radius 3 is 2.54 bits per heavy atom. The van der Waals surface area contributed by atoms with Crippen LogP contribution in [0.1, 0.15) is 25.3 Å². The van der Waals surface area contributed by atoms with E-state index in [9.17, 15) is 13.2 Å². The van der Waals surface area contributed by atoms with E-state index >= 15 is 0 Å². The zero-order chi connectivity index (χ0) is 19.3. The molecule has 0 saturated carbocycles. The van der Waals surface area contributed by atoms with E-state index in [1.165, 1.54) is 4.31 Å². The molecule has 0 aliphatic carbocycles. The molecule has 1 saturated heterocycles. The van der Waals surface area contributed by atoms with E-state index in [-0.39, 0.29) is 23.6 Å². The molecule has 0 spiro atoms. The summed E-state index contributed by atoms with van der Waals surface area (Å²) in [6.07, 6.45) is 1.01. The predicted molar refractivity (Wildman–Crippen MR) is 103 cm³/mol. The van der Waals surface area contributed by atoms with Crippen molar-refractivity contribution < 1.29 is 17.9 Å². The molecule has 1 heterocycles. The first-order valence-corrected chi connectivity index (χ1v) is 10.8. The summed E-state index contributed by atoms with van der Waals surface area (Å²) in [5.41, 5.74) is 0.590. The highest BCUT2D eigenvalue weighted by Gasteiger charge is 2.31.